The molecular formula is C20H21N3O. The van der Waals surface area contributed by atoms with Crippen LogP contribution in [0.15, 0.2) is 73.1 Å². The summed E-state index contributed by atoms with van der Waals surface area (Å²) < 4.78 is 2.02. The smallest absolute Gasteiger partial charge is 0.323 e. The lowest BCUT2D eigenvalue weighted by molar-refractivity contribution is 0.262. The predicted octanol–water partition coefficient (Wildman–Crippen LogP) is 5.24. The van der Waals surface area contributed by atoms with Crippen molar-refractivity contribution in [3.63, 3.8) is 0 Å². The van der Waals surface area contributed by atoms with E-state index in [1.54, 1.807) is 0 Å². The summed E-state index contributed by atoms with van der Waals surface area (Å²) in [6.07, 6.45) is 3.97. The fourth-order valence-electron chi connectivity index (χ4n) is 2.62. The number of urea groups is 1. The molecule has 4 heteroatoms. The summed E-state index contributed by atoms with van der Waals surface area (Å²) in [4.78, 5) is 12.2. The van der Waals surface area contributed by atoms with Crippen molar-refractivity contribution in [1.82, 2.24) is 4.57 Å². The molecule has 0 aliphatic rings. The van der Waals surface area contributed by atoms with E-state index in [4.69, 9.17) is 0 Å². The van der Waals surface area contributed by atoms with E-state index in [-0.39, 0.29) is 6.03 Å². The molecule has 2 N–H and O–H groups in total. The summed E-state index contributed by atoms with van der Waals surface area (Å²) in [5, 5.41) is 5.80. The summed E-state index contributed by atoms with van der Waals surface area (Å²) in [7, 11) is 0. The minimum absolute atomic E-state index is 0.239. The first-order valence-corrected chi connectivity index (χ1v) is 8.04. The highest BCUT2D eigenvalue weighted by Crippen LogP contribution is 2.24. The molecule has 0 saturated carbocycles. The van der Waals surface area contributed by atoms with Crippen LogP contribution in [0.3, 0.4) is 0 Å². The maximum Gasteiger partial charge on any atom is 0.323 e. The maximum atomic E-state index is 12.2. The van der Waals surface area contributed by atoms with Crippen LogP contribution in [0.1, 0.15) is 25.3 Å². The topological polar surface area (TPSA) is 46.1 Å². The van der Waals surface area contributed by atoms with Gasteiger partial charge in [-0.2, -0.15) is 0 Å². The fraction of sp³-hybridized carbons (Fsp3) is 0.150. The molecule has 2 amide bonds. The van der Waals surface area contributed by atoms with Crippen LogP contribution in [0.5, 0.6) is 0 Å². The number of hydrogen-bond acceptors (Lipinski definition) is 1. The number of nitrogens with one attached hydrogen (secondary N) is 2. The Kier molecular flexibility index (Phi) is 4.66. The van der Waals surface area contributed by atoms with Gasteiger partial charge in [0, 0.05) is 29.5 Å². The van der Waals surface area contributed by atoms with Crippen LogP contribution in [-0.4, -0.2) is 10.6 Å². The molecule has 0 radical (unpaired) electrons. The van der Waals surface area contributed by atoms with Gasteiger partial charge in [-0.1, -0.05) is 32.0 Å². The second-order valence-corrected chi connectivity index (χ2v) is 5.96. The van der Waals surface area contributed by atoms with Gasteiger partial charge in [-0.15, -0.1) is 0 Å². The first kappa shape index (κ1) is 15.9. The number of benzene rings is 2. The molecule has 0 saturated heterocycles. The molecule has 24 heavy (non-hydrogen) atoms. The van der Waals surface area contributed by atoms with E-state index in [2.05, 4.69) is 24.5 Å². The van der Waals surface area contributed by atoms with Crippen LogP contribution in [0, 0.1) is 0 Å². The number of carbonyl (C=O) groups excluding carboxylic acids is 1. The Morgan fingerprint density at radius 3 is 2.21 bits per heavy atom. The van der Waals surface area contributed by atoms with Gasteiger partial charge in [0.15, 0.2) is 0 Å². The van der Waals surface area contributed by atoms with Crippen LogP contribution >= 0.6 is 0 Å². The van der Waals surface area contributed by atoms with E-state index < -0.39 is 0 Å². The molecule has 0 atom stereocenters. The van der Waals surface area contributed by atoms with Crippen molar-refractivity contribution in [3.8, 4) is 5.69 Å². The van der Waals surface area contributed by atoms with Crippen molar-refractivity contribution >= 4 is 17.4 Å². The normalized spacial score (nSPS) is 10.6. The standard InChI is InChI=1S/C20H21N3O/c1-15(2)18-7-3-4-8-19(18)22-20(24)21-16-9-11-17(12-10-16)23-13-5-6-14-23/h3-15H,1-2H3,(H2,21,22,24). The van der Waals surface area contributed by atoms with Gasteiger partial charge in [0.2, 0.25) is 0 Å². The molecular weight excluding hydrogens is 298 g/mol. The monoisotopic (exact) mass is 319 g/mol. The number of anilines is 2. The Morgan fingerprint density at radius 1 is 0.875 bits per heavy atom. The fourth-order valence-corrected chi connectivity index (χ4v) is 2.62. The second-order valence-electron chi connectivity index (χ2n) is 5.96. The molecule has 3 aromatic rings. The average Bonchev–Trinajstić information content (AvgIpc) is 3.10. The molecule has 0 aliphatic heterocycles. The summed E-state index contributed by atoms with van der Waals surface area (Å²) in [6, 6.07) is 19.3. The lowest BCUT2D eigenvalue weighted by Gasteiger charge is -2.14. The number of rotatable bonds is 4. The van der Waals surface area contributed by atoms with Crippen LogP contribution in [0.4, 0.5) is 16.2 Å². The van der Waals surface area contributed by atoms with Gasteiger partial charge in [-0.3, -0.25) is 0 Å². The zero-order valence-electron chi connectivity index (χ0n) is 13.9. The minimum atomic E-state index is -0.239. The van der Waals surface area contributed by atoms with Crippen LogP contribution in [-0.2, 0) is 0 Å². The van der Waals surface area contributed by atoms with E-state index in [0.717, 1.165) is 22.6 Å². The van der Waals surface area contributed by atoms with Crippen molar-refractivity contribution in [3.05, 3.63) is 78.6 Å². The first-order valence-electron chi connectivity index (χ1n) is 8.04. The number of nitrogens with zero attached hydrogens (tertiary/aromatic N) is 1. The average molecular weight is 319 g/mol. The first-order chi connectivity index (χ1) is 11.6. The molecule has 1 aromatic heterocycles. The summed E-state index contributed by atoms with van der Waals surface area (Å²) >= 11 is 0. The lowest BCUT2D eigenvalue weighted by Crippen LogP contribution is -2.20. The Balaban J connectivity index is 1.67. The predicted molar refractivity (Wildman–Crippen MR) is 98.9 cm³/mol. The van der Waals surface area contributed by atoms with Gasteiger partial charge in [0.05, 0.1) is 0 Å². The minimum Gasteiger partial charge on any atom is -0.324 e. The summed E-state index contributed by atoms with van der Waals surface area (Å²) in [5.41, 5.74) is 3.77. The Morgan fingerprint density at radius 2 is 1.54 bits per heavy atom. The van der Waals surface area contributed by atoms with Crippen molar-refractivity contribution < 1.29 is 4.79 Å². The van der Waals surface area contributed by atoms with Crippen LogP contribution in [0.25, 0.3) is 5.69 Å². The highest BCUT2D eigenvalue weighted by atomic mass is 16.2. The third-order valence-corrected chi connectivity index (χ3v) is 3.86. The molecule has 0 unspecified atom stereocenters. The van der Waals surface area contributed by atoms with E-state index >= 15 is 0 Å². The van der Waals surface area contributed by atoms with E-state index in [1.807, 2.05) is 77.6 Å². The third kappa shape index (κ3) is 3.66. The van der Waals surface area contributed by atoms with Crippen LogP contribution in [0.2, 0.25) is 0 Å². The van der Waals surface area contributed by atoms with Crippen molar-refractivity contribution in [1.29, 1.82) is 0 Å². The SMILES string of the molecule is CC(C)c1ccccc1NC(=O)Nc1ccc(-n2cccc2)cc1. The Hall–Kier alpha value is -3.01. The Bertz CT molecular complexity index is 805. The van der Waals surface area contributed by atoms with Crippen molar-refractivity contribution in [2.24, 2.45) is 0 Å². The molecule has 0 bridgehead atoms. The number of hydrogen-bond donors (Lipinski definition) is 2. The van der Waals surface area contributed by atoms with E-state index in [9.17, 15) is 4.79 Å². The van der Waals surface area contributed by atoms with Gasteiger partial charge in [-0.25, -0.2) is 4.79 Å². The largest absolute Gasteiger partial charge is 0.324 e. The number of para-hydroxylation sites is 1. The molecule has 0 aliphatic carbocycles. The zero-order valence-corrected chi connectivity index (χ0v) is 13.9. The molecule has 2 aromatic carbocycles. The van der Waals surface area contributed by atoms with Crippen LogP contribution < -0.4 is 10.6 Å². The molecule has 0 fully saturated rings. The van der Waals surface area contributed by atoms with E-state index in [0.29, 0.717) is 5.92 Å². The van der Waals surface area contributed by atoms with E-state index in [1.165, 1.54) is 0 Å². The maximum absolute atomic E-state index is 12.2. The number of carbonyl (C=O) groups is 1. The highest BCUT2D eigenvalue weighted by Gasteiger charge is 2.09. The summed E-state index contributed by atoms with van der Waals surface area (Å²) in [6.45, 7) is 4.22. The molecule has 0 spiro atoms. The molecule has 3 rings (SSSR count). The molecule has 4 nitrogen and oxygen atoms in total. The third-order valence-electron chi connectivity index (χ3n) is 3.86. The number of amides is 2. The van der Waals surface area contributed by atoms with Gasteiger partial charge in [0.1, 0.15) is 0 Å². The highest BCUT2D eigenvalue weighted by molar-refractivity contribution is 6.00. The number of aromatic nitrogens is 1. The summed E-state index contributed by atoms with van der Waals surface area (Å²) in [5.74, 6) is 0.349. The molecule has 1 heterocycles. The van der Waals surface area contributed by atoms with Crippen molar-refractivity contribution in [2.45, 2.75) is 19.8 Å². The Labute approximate surface area is 142 Å². The zero-order chi connectivity index (χ0) is 16.9. The van der Waals surface area contributed by atoms with Gasteiger partial charge < -0.3 is 15.2 Å². The molecule has 122 valence electrons. The van der Waals surface area contributed by atoms with Crippen molar-refractivity contribution in [2.75, 3.05) is 10.6 Å². The quantitative estimate of drug-likeness (QED) is 0.678. The van der Waals surface area contributed by atoms with Gasteiger partial charge >= 0.3 is 6.03 Å². The van der Waals surface area contributed by atoms with Gasteiger partial charge in [-0.05, 0) is 53.9 Å². The second kappa shape index (κ2) is 7.04. The van der Waals surface area contributed by atoms with Gasteiger partial charge in [0.25, 0.3) is 0 Å². The lowest BCUT2D eigenvalue weighted by atomic mass is 10.0.